The minimum Gasteiger partial charge on any atom is -0.482 e. The summed E-state index contributed by atoms with van der Waals surface area (Å²) in [7, 11) is 0. The maximum Gasteiger partial charge on any atom is 0.341 e. The summed E-state index contributed by atoms with van der Waals surface area (Å²) in [6.45, 7) is -0.458. The lowest BCUT2D eigenvalue weighted by Crippen LogP contribution is -2.44. The average molecular weight is 326 g/mol. The van der Waals surface area contributed by atoms with Gasteiger partial charge in [-0.1, -0.05) is 42.5 Å². The van der Waals surface area contributed by atoms with E-state index < -0.39 is 30.1 Å². The van der Waals surface area contributed by atoms with Crippen molar-refractivity contribution >= 4 is 17.9 Å². The molecule has 3 N–H and O–H groups in total. The first-order chi connectivity index (χ1) is 11.5. The van der Waals surface area contributed by atoms with E-state index in [2.05, 4.69) is 10.6 Å². The van der Waals surface area contributed by atoms with Crippen LogP contribution in [0.1, 0.15) is 11.1 Å². The monoisotopic (exact) mass is 326 g/mol. The maximum absolute atomic E-state index is 12.5. The van der Waals surface area contributed by atoms with Crippen LogP contribution >= 0.6 is 0 Å². The molecule has 1 saturated heterocycles. The number of carbonyl (C=O) groups excluding carboxylic acids is 2. The molecule has 0 bridgehead atoms. The van der Waals surface area contributed by atoms with Gasteiger partial charge in [0.15, 0.2) is 12.1 Å². The van der Waals surface area contributed by atoms with Crippen LogP contribution in [0.15, 0.2) is 54.6 Å². The number of urea groups is 1. The van der Waals surface area contributed by atoms with Crippen molar-refractivity contribution in [1.29, 1.82) is 0 Å². The molecule has 3 rings (SSSR count). The number of nitrogens with one attached hydrogen (secondary N) is 2. The highest BCUT2D eigenvalue weighted by atomic mass is 16.5. The Morgan fingerprint density at radius 3 is 2.17 bits per heavy atom. The number of ether oxygens (including phenoxy) is 1. The van der Waals surface area contributed by atoms with Crippen LogP contribution in [0.5, 0.6) is 5.75 Å². The van der Waals surface area contributed by atoms with Crippen LogP contribution in [0.2, 0.25) is 0 Å². The predicted molar refractivity (Wildman–Crippen MR) is 83.5 cm³/mol. The molecule has 2 aromatic carbocycles. The first-order valence-corrected chi connectivity index (χ1v) is 7.16. The predicted octanol–water partition coefficient (Wildman–Crippen LogP) is 1.23. The van der Waals surface area contributed by atoms with Gasteiger partial charge in [0.2, 0.25) is 0 Å². The number of aliphatic carboxylic acids is 1. The molecule has 3 amide bonds. The Morgan fingerprint density at radius 1 is 1.00 bits per heavy atom. The minimum absolute atomic E-state index is 0.356. The molecule has 2 aromatic rings. The lowest BCUT2D eigenvalue weighted by molar-refractivity contribution is -0.139. The van der Waals surface area contributed by atoms with Crippen molar-refractivity contribution < 1.29 is 24.2 Å². The van der Waals surface area contributed by atoms with Crippen molar-refractivity contribution in [3.63, 3.8) is 0 Å². The van der Waals surface area contributed by atoms with Crippen molar-refractivity contribution in [3.05, 3.63) is 65.7 Å². The zero-order valence-corrected chi connectivity index (χ0v) is 12.5. The summed E-state index contributed by atoms with van der Waals surface area (Å²) in [5, 5.41) is 13.6. The second kappa shape index (κ2) is 6.04. The summed E-state index contributed by atoms with van der Waals surface area (Å²) in [4.78, 5) is 34.8. The van der Waals surface area contributed by atoms with Crippen LogP contribution in [0.4, 0.5) is 4.79 Å². The molecule has 1 fully saturated rings. The van der Waals surface area contributed by atoms with Crippen LogP contribution in [0.25, 0.3) is 0 Å². The Labute approximate surface area is 137 Å². The Balaban J connectivity index is 2.00. The molecular weight excluding hydrogens is 312 g/mol. The molecule has 1 heterocycles. The van der Waals surface area contributed by atoms with Gasteiger partial charge in [-0.3, -0.25) is 10.1 Å². The van der Waals surface area contributed by atoms with Crippen molar-refractivity contribution in [2.45, 2.75) is 5.54 Å². The highest BCUT2D eigenvalue weighted by Crippen LogP contribution is 2.33. The van der Waals surface area contributed by atoms with E-state index in [9.17, 15) is 14.4 Å². The van der Waals surface area contributed by atoms with E-state index in [1.165, 1.54) is 0 Å². The number of hydrogen-bond acceptors (Lipinski definition) is 4. The standard InChI is InChI=1S/C17H14N2O5/c20-14(21)10-24-13-8-6-12(7-9-13)17(11-4-2-1-3-5-11)15(22)18-16(23)19-17/h1-9H,10H2,(H,20,21)(H2,18,19,22,23). The number of carboxylic acid groups (broad SMARTS) is 1. The fraction of sp³-hybridized carbons (Fsp3) is 0.118. The number of carboxylic acids is 1. The van der Waals surface area contributed by atoms with Gasteiger partial charge in [-0.15, -0.1) is 0 Å². The van der Waals surface area contributed by atoms with Crippen LogP contribution in [-0.2, 0) is 15.1 Å². The van der Waals surface area contributed by atoms with E-state index in [-0.39, 0.29) is 0 Å². The second-order valence-electron chi connectivity index (χ2n) is 5.23. The smallest absolute Gasteiger partial charge is 0.341 e. The molecule has 1 atom stereocenters. The molecule has 0 aliphatic carbocycles. The van der Waals surface area contributed by atoms with Gasteiger partial charge in [0, 0.05) is 0 Å². The molecule has 0 saturated carbocycles. The van der Waals surface area contributed by atoms with Crippen molar-refractivity contribution in [1.82, 2.24) is 10.6 Å². The average Bonchev–Trinajstić information content (AvgIpc) is 2.89. The van der Waals surface area contributed by atoms with Gasteiger partial charge in [-0.05, 0) is 23.3 Å². The normalized spacial score (nSPS) is 19.5. The summed E-state index contributed by atoms with van der Waals surface area (Å²) < 4.78 is 5.08. The van der Waals surface area contributed by atoms with Crippen LogP contribution in [0.3, 0.4) is 0 Å². The molecular formula is C17H14N2O5. The molecule has 1 unspecified atom stereocenters. The van der Waals surface area contributed by atoms with Gasteiger partial charge < -0.3 is 15.2 Å². The third-order valence-electron chi connectivity index (χ3n) is 3.73. The van der Waals surface area contributed by atoms with E-state index in [1.54, 1.807) is 48.5 Å². The lowest BCUT2D eigenvalue weighted by atomic mass is 9.83. The van der Waals surface area contributed by atoms with Gasteiger partial charge in [0.25, 0.3) is 5.91 Å². The Bertz CT molecular complexity index is 788. The zero-order chi connectivity index (χ0) is 17.2. The number of carbonyl (C=O) groups is 3. The SMILES string of the molecule is O=C(O)COc1ccc(C2(c3ccccc3)NC(=O)NC2=O)cc1. The molecule has 0 spiro atoms. The molecule has 7 nitrogen and oxygen atoms in total. The van der Waals surface area contributed by atoms with Gasteiger partial charge in [-0.25, -0.2) is 9.59 Å². The van der Waals surface area contributed by atoms with Crippen LogP contribution < -0.4 is 15.4 Å². The largest absolute Gasteiger partial charge is 0.482 e. The number of amides is 3. The van der Waals surface area contributed by atoms with E-state index in [0.717, 1.165) is 0 Å². The van der Waals surface area contributed by atoms with E-state index >= 15 is 0 Å². The Morgan fingerprint density at radius 2 is 1.62 bits per heavy atom. The van der Waals surface area contributed by atoms with Crippen molar-refractivity contribution in [2.24, 2.45) is 0 Å². The first kappa shape index (κ1) is 15.5. The highest BCUT2D eigenvalue weighted by Gasteiger charge is 2.49. The number of imide groups is 1. The molecule has 1 aliphatic heterocycles. The number of benzene rings is 2. The quantitative estimate of drug-likeness (QED) is 0.717. The highest BCUT2D eigenvalue weighted by molar-refractivity contribution is 6.09. The molecule has 7 heteroatoms. The molecule has 0 radical (unpaired) electrons. The lowest BCUT2D eigenvalue weighted by Gasteiger charge is -2.27. The van der Waals surface area contributed by atoms with Crippen LogP contribution in [0, 0.1) is 0 Å². The summed E-state index contributed by atoms with van der Waals surface area (Å²) in [5.41, 5.74) is -0.170. The zero-order valence-electron chi connectivity index (χ0n) is 12.5. The van der Waals surface area contributed by atoms with E-state index in [1.807, 2.05) is 6.07 Å². The first-order valence-electron chi connectivity index (χ1n) is 7.16. The fourth-order valence-corrected chi connectivity index (χ4v) is 2.66. The second-order valence-corrected chi connectivity index (χ2v) is 5.23. The molecule has 24 heavy (non-hydrogen) atoms. The third-order valence-corrected chi connectivity index (χ3v) is 3.73. The summed E-state index contributed by atoms with van der Waals surface area (Å²) in [5.74, 6) is -1.20. The van der Waals surface area contributed by atoms with Gasteiger partial charge >= 0.3 is 12.0 Å². The molecule has 0 aromatic heterocycles. The third kappa shape index (κ3) is 2.67. The summed E-state index contributed by atoms with van der Waals surface area (Å²) >= 11 is 0. The molecule has 1 aliphatic rings. The Hall–Kier alpha value is -3.35. The topological polar surface area (TPSA) is 105 Å². The van der Waals surface area contributed by atoms with Gasteiger partial charge in [-0.2, -0.15) is 0 Å². The van der Waals surface area contributed by atoms with Crippen LogP contribution in [-0.4, -0.2) is 29.6 Å². The summed E-state index contributed by atoms with van der Waals surface area (Å²) in [6, 6.07) is 14.6. The number of rotatable bonds is 5. The Kier molecular flexibility index (Phi) is 3.91. The van der Waals surface area contributed by atoms with Gasteiger partial charge in [0.1, 0.15) is 5.75 Å². The fourth-order valence-electron chi connectivity index (χ4n) is 2.66. The number of hydrogen-bond donors (Lipinski definition) is 3. The van der Waals surface area contributed by atoms with Crippen molar-refractivity contribution in [3.8, 4) is 5.75 Å². The van der Waals surface area contributed by atoms with E-state index in [0.29, 0.717) is 16.9 Å². The maximum atomic E-state index is 12.5. The molecule has 122 valence electrons. The van der Waals surface area contributed by atoms with E-state index in [4.69, 9.17) is 9.84 Å². The van der Waals surface area contributed by atoms with Gasteiger partial charge in [0.05, 0.1) is 0 Å². The minimum atomic E-state index is -1.33. The van der Waals surface area contributed by atoms with Crippen molar-refractivity contribution in [2.75, 3.05) is 6.61 Å². The summed E-state index contributed by atoms with van der Waals surface area (Å²) in [6.07, 6.45) is 0.